The van der Waals surface area contributed by atoms with Gasteiger partial charge in [0.25, 0.3) is 0 Å². The molecule has 170 valence electrons. The lowest BCUT2D eigenvalue weighted by molar-refractivity contribution is -0.146. The predicted molar refractivity (Wildman–Crippen MR) is 125 cm³/mol. The van der Waals surface area contributed by atoms with Crippen molar-refractivity contribution in [1.82, 2.24) is 20.4 Å². The Balaban J connectivity index is 1.38. The summed E-state index contributed by atoms with van der Waals surface area (Å²) in [5, 5.41) is 15.1. The zero-order valence-electron chi connectivity index (χ0n) is 18.5. The number of aromatic nitrogens is 2. The maximum absolute atomic E-state index is 12.7. The molecule has 0 fully saturated rings. The maximum atomic E-state index is 12.7. The van der Waals surface area contributed by atoms with E-state index in [1.165, 1.54) is 4.90 Å². The van der Waals surface area contributed by atoms with Gasteiger partial charge in [0.15, 0.2) is 0 Å². The van der Waals surface area contributed by atoms with Gasteiger partial charge < -0.3 is 20.9 Å². The molecule has 1 aliphatic heterocycles. The van der Waals surface area contributed by atoms with Crippen LogP contribution in [0.1, 0.15) is 35.3 Å². The molecule has 0 spiro atoms. The van der Waals surface area contributed by atoms with Crippen molar-refractivity contribution in [3.05, 3.63) is 77.1 Å². The SMILES string of the molecule is Cc1ccc(NC(=O)Nc2cccc3c2CCN(C(=O)C(=O)NC(C)c2ccn[nH]2)C3)cc1. The molecule has 9 nitrogen and oxygen atoms in total. The number of hydrogen-bond donors (Lipinski definition) is 4. The highest BCUT2D eigenvalue weighted by molar-refractivity contribution is 6.35. The van der Waals surface area contributed by atoms with Crippen molar-refractivity contribution >= 4 is 29.2 Å². The van der Waals surface area contributed by atoms with Gasteiger partial charge in [0.05, 0.1) is 11.7 Å². The highest BCUT2D eigenvalue weighted by atomic mass is 16.2. The molecule has 1 atom stereocenters. The number of amides is 4. The summed E-state index contributed by atoms with van der Waals surface area (Å²) in [4.78, 5) is 39.2. The molecule has 2 heterocycles. The minimum absolute atomic E-state index is 0.301. The van der Waals surface area contributed by atoms with E-state index in [1.54, 1.807) is 19.2 Å². The van der Waals surface area contributed by atoms with Crippen LogP contribution in [-0.4, -0.2) is 39.5 Å². The molecule has 1 unspecified atom stereocenters. The third kappa shape index (κ3) is 5.20. The van der Waals surface area contributed by atoms with Crippen LogP contribution in [0.15, 0.2) is 54.7 Å². The van der Waals surface area contributed by atoms with Crippen molar-refractivity contribution in [3.8, 4) is 0 Å². The molecule has 2 aromatic carbocycles. The number of aryl methyl sites for hydroxylation is 1. The molecule has 33 heavy (non-hydrogen) atoms. The van der Waals surface area contributed by atoms with Gasteiger partial charge in [0.1, 0.15) is 0 Å². The average molecular weight is 447 g/mol. The van der Waals surface area contributed by atoms with Crippen LogP contribution in [0.25, 0.3) is 0 Å². The van der Waals surface area contributed by atoms with E-state index in [-0.39, 0.29) is 12.1 Å². The number of anilines is 2. The van der Waals surface area contributed by atoms with Crippen molar-refractivity contribution < 1.29 is 14.4 Å². The van der Waals surface area contributed by atoms with Crippen LogP contribution >= 0.6 is 0 Å². The summed E-state index contributed by atoms with van der Waals surface area (Å²) < 4.78 is 0. The van der Waals surface area contributed by atoms with Crippen molar-refractivity contribution in [2.75, 3.05) is 17.2 Å². The van der Waals surface area contributed by atoms with Crippen molar-refractivity contribution in [1.29, 1.82) is 0 Å². The number of carbonyl (C=O) groups is 3. The first-order valence-electron chi connectivity index (χ1n) is 10.7. The predicted octanol–water partition coefficient (Wildman–Crippen LogP) is 3.12. The van der Waals surface area contributed by atoms with Gasteiger partial charge in [-0.1, -0.05) is 29.8 Å². The number of fused-ring (bicyclic) bond motifs is 1. The highest BCUT2D eigenvalue weighted by Gasteiger charge is 2.28. The van der Waals surface area contributed by atoms with E-state index in [1.807, 2.05) is 49.4 Å². The number of urea groups is 1. The third-order valence-electron chi connectivity index (χ3n) is 5.64. The van der Waals surface area contributed by atoms with E-state index in [0.29, 0.717) is 30.9 Å². The zero-order chi connectivity index (χ0) is 23.4. The van der Waals surface area contributed by atoms with E-state index in [4.69, 9.17) is 0 Å². The van der Waals surface area contributed by atoms with Crippen LogP contribution in [0.5, 0.6) is 0 Å². The van der Waals surface area contributed by atoms with Crippen LogP contribution in [0.2, 0.25) is 0 Å². The summed E-state index contributed by atoms with van der Waals surface area (Å²) in [5.74, 6) is -1.24. The van der Waals surface area contributed by atoms with Crippen molar-refractivity contribution in [3.63, 3.8) is 0 Å². The standard InChI is InChI=1S/C24H26N6O3/c1-15-6-8-18(9-7-15)27-24(33)28-21-5-3-4-17-14-30(13-11-19(17)21)23(32)22(31)26-16(2)20-10-12-25-29-20/h3-10,12,16H,11,13-14H2,1-2H3,(H,25,29)(H,26,31)(H2,27,28,33). The fourth-order valence-electron chi connectivity index (χ4n) is 3.81. The molecule has 0 saturated carbocycles. The number of aromatic amines is 1. The van der Waals surface area contributed by atoms with Gasteiger partial charge in [-0.2, -0.15) is 5.10 Å². The van der Waals surface area contributed by atoms with Gasteiger partial charge >= 0.3 is 17.8 Å². The minimum atomic E-state index is -0.660. The fourth-order valence-corrected chi connectivity index (χ4v) is 3.81. The average Bonchev–Trinajstić information content (AvgIpc) is 3.35. The molecule has 1 aromatic heterocycles. The van der Waals surface area contributed by atoms with Gasteiger partial charge in [-0.25, -0.2) is 4.79 Å². The number of benzene rings is 2. The first-order valence-corrected chi connectivity index (χ1v) is 10.7. The van der Waals surface area contributed by atoms with E-state index in [2.05, 4.69) is 26.1 Å². The molecule has 0 bridgehead atoms. The Kier molecular flexibility index (Phi) is 6.39. The molecule has 1 aliphatic rings. The number of H-pyrrole nitrogens is 1. The number of carbonyl (C=O) groups excluding carboxylic acids is 3. The molecule has 9 heteroatoms. The Labute approximate surface area is 191 Å². The molecule has 4 N–H and O–H groups in total. The van der Waals surface area contributed by atoms with Crippen molar-refractivity contribution in [2.24, 2.45) is 0 Å². The molecule has 0 aliphatic carbocycles. The van der Waals surface area contributed by atoms with Gasteiger partial charge in [-0.05, 0) is 55.7 Å². The third-order valence-corrected chi connectivity index (χ3v) is 5.64. The van der Waals surface area contributed by atoms with Gasteiger partial charge in [0, 0.05) is 30.7 Å². The zero-order valence-corrected chi connectivity index (χ0v) is 18.5. The summed E-state index contributed by atoms with van der Waals surface area (Å²) in [6, 6.07) is 14.2. The smallest absolute Gasteiger partial charge is 0.323 e. The van der Waals surface area contributed by atoms with Crippen LogP contribution < -0.4 is 16.0 Å². The lowest BCUT2D eigenvalue weighted by Gasteiger charge is -2.30. The first-order chi connectivity index (χ1) is 15.9. The lowest BCUT2D eigenvalue weighted by Crippen LogP contribution is -2.45. The van der Waals surface area contributed by atoms with E-state index < -0.39 is 11.8 Å². The number of nitrogens with one attached hydrogen (secondary N) is 4. The normalized spacial score (nSPS) is 13.6. The molecule has 4 rings (SSSR count). The number of hydrogen-bond acceptors (Lipinski definition) is 4. The quantitative estimate of drug-likeness (QED) is 0.460. The Hall–Kier alpha value is -4.14. The minimum Gasteiger partial charge on any atom is -0.340 e. The summed E-state index contributed by atoms with van der Waals surface area (Å²) >= 11 is 0. The van der Waals surface area contributed by atoms with E-state index in [9.17, 15) is 14.4 Å². The molecule has 0 saturated heterocycles. The molecule has 3 aromatic rings. The van der Waals surface area contributed by atoms with Crippen LogP contribution in [0, 0.1) is 6.92 Å². The lowest BCUT2D eigenvalue weighted by atomic mass is 9.97. The summed E-state index contributed by atoms with van der Waals surface area (Å²) in [5.41, 5.74) is 5.10. The topological polar surface area (TPSA) is 119 Å². The maximum Gasteiger partial charge on any atom is 0.323 e. The monoisotopic (exact) mass is 446 g/mol. The summed E-state index contributed by atoms with van der Waals surface area (Å²) in [7, 11) is 0. The molecular weight excluding hydrogens is 420 g/mol. The first kappa shape index (κ1) is 22.1. The summed E-state index contributed by atoms with van der Waals surface area (Å²) in [6.45, 7) is 4.45. The number of rotatable bonds is 4. The molecule has 4 amide bonds. The van der Waals surface area contributed by atoms with Gasteiger partial charge in [0.2, 0.25) is 0 Å². The fraction of sp³-hybridized carbons (Fsp3) is 0.250. The Bertz CT molecular complexity index is 1160. The second kappa shape index (κ2) is 9.56. The van der Waals surface area contributed by atoms with Crippen molar-refractivity contribution in [2.45, 2.75) is 32.9 Å². The van der Waals surface area contributed by atoms with E-state index in [0.717, 1.165) is 22.4 Å². The summed E-state index contributed by atoms with van der Waals surface area (Å²) in [6.07, 6.45) is 2.12. The number of nitrogens with zero attached hydrogens (tertiary/aromatic N) is 2. The van der Waals surface area contributed by atoms with Gasteiger partial charge in [-0.15, -0.1) is 0 Å². The van der Waals surface area contributed by atoms with Crippen LogP contribution in [-0.2, 0) is 22.6 Å². The molecule has 0 radical (unpaired) electrons. The highest BCUT2D eigenvalue weighted by Crippen LogP contribution is 2.26. The van der Waals surface area contributed by atoms with Crippen LogP contribution in [0.3, 0.4) is 0 Å². The Morgan fingerprint density at radius 2 is 1.85 bits per heavy atom. The second-order valence-electron chi connectivity index (χ2n) is 8.07. The Morgan fingerprint density at radius 1 is 1.06 bits per heavy atom. The second-order valence-corrected chi connectivity index (χ2v) is 8.07. The van der Waals surface area contributed by atoms with Gasteiger partial charge in [-0.3, -0.25) is 14.7 Å². The Morgan fingerprint density at radius 3 is 2.58 bits per heavy atom. The van der Waals surface area contributed by atoms with Crippen LogP contribution in [0.4, 0.5) is 16.2 Å². The van der Waals surface area contributed by atoms with E-state index >= 15 is 0 Å². The largest absolute Gasteiger partial charge is 0.340 e. The molecular formula is C24H26N6O3.